The molecule has 4 nitrogen and oxygen atoms in total. The molecule has 2 aromatic carbocycles. The van der Waals surface area contributed by atoms with Gasteiger partial charge < -0.3 is 5.32 Å². The zero-order valence-corrected chi connectivity index (χ0v) is 17.6. The summed E-state index contributed by atoms with van der Waals surface area (Å²) in [6.07, 6.45) is 1.68. The van der Waals surface area contributed by atoms with Gasteiger partial charge in [-0.05, 0) is 36.4 Å². The number of aromatic nitrogens is 2. The Morgan fingerprint density at radius 1 is 1.00 bits per heavy atom. The topological polar surface area (TPSA) is 54.9 Å². The van der Waals surface area contributed by atoms with Crippen LogP contribution in [-0.2, 0) is 0 Å². The highest BCUT2D eigenvalue weighted by Crippen LogP contribution is 2.33. The lowest BCUT2D eigenvalue weighted by Gasteiger charge is -2.08. The third-order valence-corrected chi connectivity index (χ3v) is 5.29. The Labute approximate surface area is 177 Å². The lowest BCUT2D eigenvalue weighted by atomic mass is 10.1. The number of carbonyl (C=O) groups excluding carboxylic acids is 1. The molecule has 0 bridgehead atoms. The molecular weight excluding hydrogens is 413 g/mol. The van der Waals surface area contributed by atoms with Gasteiger partial charge in [0.2, 0.25) is 0 Å². The van der Waals surface area contributed by atoms with Gasteiger partial charge in [0, 0.05) is 17.3 Å². The van der Waals surface area contributed by atoms with Crippen LogP contribution in [0.2, 0.25) is 10.0 Å². The third-order valence-electron chi connectivity index (χ3n) is 3.85. The van der Waals surface area contributed by atoms with Crippen molar-refractivity contribution >= 4 is 56.5 Å². The number of benzene rings is 2. The van der Waals surface area contributed by atoms with Crippen molar-refractivity contribution in [3.63, 3.8) is 0 Å². The first-order valence-electron chi connectivity index (χ1n) is 8.67. The van der Waals surface area contributed by atoms with Gasteiger partial charge in [0.05, 0.1) is 31.3 Å². The second-order valence-electron chi connectivity index (χ2n) is 5.52. The minimum absolute atomic E-state index is 0.306. The van der Waals surface area contributed by atoms with Crippen LogP contribution in [0.25, 0.3) is 21.3 Å². The van der Waals surface area contributed by atoms with Gasteiger partial charge in [0.25, 0.3) is 5.91 Å². The van der Waals surface area contributed by atoms with Crippen molar-refractivity contribution in [2.75, 3.05) is 5.32 Å². The second kappa shape index (κ2) is 9.15. The van der Waals surface area contributed by atoms with Crippen LogP contribution in [0, 0.1) is 0 Å². The van der Waals surface area contributed by atoms with Crippen molar-refractivity contribution in [3.05, 3.63) is 75.8 Å². The van der Waals surface area contributed by atoms with E-state index in [-0.39, 0.29) is 5.91 Å². The number of rotatable bonds is 3. The Morgan fingerprint density at radius 3 is 2.50 bits per heavy atom. The summed E-state index contributed by atoms with van der Waals surface area (Å²) < 4.78 is 1.06. The summed E-state index contributed by atoms with van der Waals surface area (Å²) in [6.45, 7) is 4.00. The molecule has 28 heavy (non-hydrogen) atoms. The first-order valence-corrected chi connectivity index (χ1v) is 10.3. The molecular formula is C21H17Cl2N3OS. The van der Waals surface area contributed by atoms with Crippen molar-refractivity contribution in [3.8, 4) is 11.1 Å². The molecule has 4 rings (SSSR count). The molecule has 0 aliphatic carbocycles. The van der Waals surface area contributed by atoms with Crippen molar-refractivity contribution in [1.29, 1.82) is 0 Å². The molecule has 0 aliphatic heterocycles. The van der Waals surface area contributed by atoms with Gasteiger partial charge in [0.15, 0.2) is 0 Å². The van der Waals surface area contributed by atoms with Gasteiger partial charge >= 0.3 is 0 Å². The number of carbonyl (C=O) groups is 1. The van der Waals surface area contributed by atoms with Gasteiger partial charge in [0.1, 0.15) is 5.82 Å². The van der Waals surface area contributed by atoms with E-state index in [0.29, 0.717) is 21.4 Å². The number of hydrogen-bond donors (Lipinski definition) is 1. The smallest absolute Gasteiger partial charge is 0.258 e. The Kier molecular flexibility index (Phi) is 6.62. The zero-order valence-electron chi connectivity index (χ0n) is 15.2. The maximum absolute atomic E-state index is 12.3. The highest BCUT2D eigenvalue weighted by Gasteiger charge is 2.12. The molecule has 7 heteroatoms. The molecule has 0 spiro atoms. The van der Waals surface area contributed by atoms with E-state index < -0.39 is 0 Å². The highest BCUT2D eigenvalue weighted by molar-refractivity contribution is 7.16. The number of anilines is 1. The van der Waals surface area contributed by atoms with E-state index in [1.807, 2.05) is 32.0 Å². The van der Waals surface area contributed by atoms with Crippen LogP contribution in [0.5, 0.6) is 0 Å². The summed E-state index contributed by atoms with van der Waals surface area (Å²) >= 11 is 14.0. The summed E-state index contributed by atoms with van der Waals surface area (Å²) in [5.74, 6) is 0.133. The van der Waals surface area contributed by atoms with Crippen molar-refractivity contribution < 1.29 is 4.79 Å². The molecule has 0 unspecified atom stereocenters. The molecule has 0 fully saturated rings. The number of nitrogens with zero attached hydrogens (tertiary/aromatic N) is 2. The van der Waals surface area contributed by atoms with Crippen LogP contribution in [-0.4, -0.2) is 15.9 Å². The fraction of sp³-hybridized carbons (Fsp3) is 0.0952. The van der Waals surface area contributed by atoms with Crippen LogP contribution < -0.4 is 5.32 Å². The molecule has 2 heterocycles. The van der Waals surface area contributed by atoms with E-state index in [1.165, 1.54) is 0 Å². The Morgan fingerprint density at radius 2 is 1.79 bits per heavy atom. The lowest BCUT2D eigenvalue weighted by Crippen LogP contribution is -2.13. The molecule has 0 radical (unpaired) electrons. The number of fused-ring (bicyclic) bond motifs is 1. The number of amides is 1. The van der Waals surface area contributed by atoms with E-state index in [0.717, 1.165) is 21.3 Å². The largest absolute Gasteiger partial charge is 0.307 e. The molecule has 2 aromatic heterocycles. The van der Waals surface area contributed by atoms with Crippen LogP contribution in [0.4, 0.5) is 5.82 Å². The lowest BCUT2D eigenvalue weighted by molar-refractivity contribution is 0.102. The van der Waals surface area contributed by atoms with Gasteiger partial charge in [-0.3, -0.25) is 4.79 Å². The van der Waals surface area contributed by atoms with Gasteiger partial charge in [-0.1, -0.05) is 49.2 Å². The normalized spacial score (nSPS) is 10.3. The van der Waals surface area contributed by atoms with E-state index in [4.69, 9.17) is 23.2 Å². The predicted octanol–water partition coefficient (Wildman–Crippen LogP) is 6.94. The van der Waals surface area contributed by atoms with Crippen LogP contribution >= 0.6 is 34.5 Å². The van der Waals surface area contributed by atoms with E-state index >= 15 is 0 Å². The molecule has 142 valence electrons. The van der Waals surface area contributed by atoms with Gasteiger partial charge in [-0.2, -0.15) is 0 Å². The molecule has 0 saturated heterocycles. The average molecular weight is 430 g/mol. The fourth-order valence-electron chi connectivity index (χ4n) is 2.56. The average Bonchev–Trinajstić information content (AvgIpc) is 3.17. The summed E-state index contributed by atoms with van der Waals surface area (Å²) in [5, 5.41) is 3.75. The van der Waals surface area contributed by atoms with Crippen LogP contribution in [0.15, 0.2) is 60.2 Å². The fourth-order valence-corrected chi connectivity index (χ4v) is 3.74. The van der Waals surface area contributed by atoms with Crippen molar-refractivity contribution in [2.45, 2.75) is 13.8 Å². The summed E-state index contributed by atoms with van der Waals surface area (Å²) in [6, 6.07) is 14.3. The minimum Gasteiger partial charge on any atom is -0.307 e. The van der Waals surface area contributed by atoms with E-state index in [1.54, 1.807) is 53.4 Å². The van der Waals surface area contributed by atoms with Crippen molar-refractivity contribution in [2.24, 2.45) is 0 Å². The minimum atomic E-state index is -0.306. The van der Waals surface area contributed by atoms with Crippen LogP contribution in [0.3, 0.4) is 0 Å². The SMILES string of the molecule is CC.O=C(Nc1ccc(-c2cc3scnc3cc2Cl)cn1)c1ccccc1Cl. The first kappa shape index (κ1) is 20.3. The van der Waals surface area contributed by atoms with E-state index in [2.05, 4.69) is 15.3 Å². The maximum Gasteiger partial charge on any atom is 0.258 e. The monoisotopic (exact) mass is 429 g/mol. The maximum atomic E-state index is 12.3. The predicted molar refractivity (Wildman–Crippen MR) is 119 cm³/mol. The molecule has 1 N–H and O–H groups in total. The number of hydrogen-bond acceptors (Lipinski definition) is 4. The standard InChI is InChI=1S/C19H11Cl2N3OS.C2H6/c20-14-4-2-1-3-12(14)19(25)24-18-6-5-11(9-22-18)13-7-17-16(8-15(13)21)23-10-26-17;1-2/h1-10H,(H,22,24,25);1-2H3. The van der Waals surface area contributed by atoms with Gasteiger partial charge in [-0.25, -0.2) is 9.97 Å². The Bertz CT molecular complexity index is 1110. The van der Waals surface area contributed by atoms with E-state index in [9.17, 15) is 4.79 Å². The summed E-state index contributed by atoms with van der Waals surface area (Å²) in [5.41, 5.74) is 4.80. The number of halogens is 2. The molecule has 4 aromatic rings. The quantitative estimate of drug-likeness (QED) is 0.383. The third kappa shape index (κ3) is 4.33. The summed E-state index contributed by atoms with van der Waals surface area (Å²) in [7, 11) is 0. The Balaban J connectivity index is 0.00000109. The summed E-state index contributed by atoms with van der Waals surface area (Å²) in [4.78, 5) is 20.9. The molecule has 0 aliphatic rings. The number of thiazole rings is 1. The molecule has 0 saturated carbocycles. The first-order chi connectivity index (χ1) is 13.6. The Hall–Kier alpha value is -2.47. The number of nitrogens with one attached hydrogen (secondary N) is 1. The molecule has 0 atom stereocenters. The van der Waals surface area contributed by atoms with Gasteiger partial charge in [-0.15, -0.1) is 11.3 Å². The van der Waals surface area contributed by atoms with Crippen LogP contribution in [0.1, 0.15) is 24.2 Å². The molecule has 1 amide bonds. The second-order valence-corrected chi connectivity index (χ2v) is 7.22. The number of pyridine rings is 1. The highest BCUT2D eigenvalue weighted by atomic mass is 35.5. The van der Waals surface area contributed by atoms with Crippen molar-refractivity contribution in [1.82, 2.24) is 9.97 Å². The zero-order chi connectivity index (χ0) is 20.1.